The van der Waals surface area contributed by atoms with Gasteiger partial charge in [-0.05, 0) is 18.1 Å². The number of pyridine rings is 1. The fourth-order valence-corrected chi connectivity index (χ4v) is 1.74. The van der Waals surface area contributed by atoms with E-state index in [2.05, 4.69) is 10.3 Å². The first-order valence-electron chi connectivity index (χ1n) is 6.35. The summed E-state index contributed by atoms with van der Waals surface area (Å²) in [5.41, 5.74) is -1.36. The van der Waals surface area contributed by atoms with Gasteiger partial charge in [0.2, 0.25) is 0 Å². The molecule has 1 heterocycles. The number of aromatic nitrogens is 1. The Balaban J connectivity index is 3.03. The highest BCUT2D eigenvalue weighted by molar-refractivity contribution is 5.93. The second-order valence-corrected chi connectivity index (χ2v) is 4.46. The molecule has 0 saturated heterocycles. The van der Waals surface area contributed by atoms with Crippen LogP contribution in [0, 0.1) is 5.92 Å². The Hall–Kier alpha value is -1.79. The van der Waals surface area contributed by atoms with Gasteiger partial charge in [-0.1, -0.05) is 26.7 Å². The van der Waals surface area contributed by atoms with Crippen LogP contribution >= 0.6 is 0 Å². The van der Waals surface area contributed by atoms with Crippen LogP contribution in [0.2, 0.25) is 0 Å². The lowest BCUT2D eigenvalue weighted by Crippen LogP contribution is -2.18. The van der Waals surface area contributed by atoms with Gasteiger partial charge < -0.3 is 10.4 Å². The van der Waals surface area contributed by atoms with E-state index in [0.717, 1.165) is 18.9 Å². The highest BCUT2D eigenvalue weighted by Gasteiger charge is 2.33. The molecule has 0 fully saturated rings. The van der Waals surface area contributed by atoms with E-state index in [4.69, 9.17) is 5.11 Å². The number of hydrogen-bond acceptors (Lipinski definition) is 3. The Kier molecular flexibility index (Phi) is 5.35. The maximum atomic E-state index is 12.6. The third-order valence-electron chi connectivity index (χ3n) is 3.13. The molecule has 0 amide bonds. The first kappa shape index (κ1) is 16.3. The van der Waals surface area contributed by atoms with Crippen molar-refractivity contribution in [2.24, 2.45) is 5.92 Å². The number of nitrogens with zero attached hydrogens (tertiary/aromatic N) is 1. The number of rotatable bonds is 6. The first-order valence-corrected chi connectivity index (χ1v) is 6.35. The van der Waals surface area contributed by atoms with E-state index in [1.165, 1.54) is 0 Å². The molecule has 0 spiro atoms. The van der Waals surface area contributed by atoms with Crippen molar-refractivity contribution < 1.29 is 23.1 Å². The molecule has 1 aromatic rings. The zero-order chi connectivity index (χ0) is 15.3. The van der Waals surface area contributed by atoms with E-state index >= 15 is 0 Å². The third kappa shape index (κ3) is 4.11. The topological polar surface area (TPSA) is 62.2 Å². The van der Waals surface area contributed by atoms with Crippen molar-refractivity contribution in [2.45, 2.75) is 32.9 Å². The second-order valence-electron chi connectivity index (χ2n) is 4.46. The fourth-order valence-electron chi connectivity index (χ4n) is 1.74. The molecule has 7 heteroatoms. The quantitative estimate of drug-likeness (QED) is 0.839. The van der Waals surface area contributed by atoms with Crippen molar-refractivity contribution in [3.05, 3.63) is 23.4 Å². The van der Waals surface area contributed by atoms with E-state index in [9.17, 15) is 18.0 Å². The fraction of sp³-hybridized carbons (Fsp3) is 0.538. The van der Waals surface area contributed by atoms with Crippen LogP contribution < -0.4 is 5.32 Å². The summed E-state index contributed by atoms with van der Waals surface area (Å²) < 4.78 is 37.8. The molecule has 0 aliphatic carbocycles. The zero-order valence-electron chi connectivity index (χ0n) is 11.3. The number of hydrogen-bond donors (Lipinski definition) is 2. The van der Waals surface area contributed by atoms with Crippen LogP contribution in [-0.2, 0) is 6.18 Å². The Bertz CT molecular complexity index is 471. The summed E-state index contributed by atoms with van der Waals surface area (Å²) in [4.78, 5) is 14.4. The number of nitrogens with one attached hydrogen (secondary N) is 1. The SMILES string of the molecule is CCC(CC)CNc1nc(C(F)(F)F)ccc1C(=O)O. The molecule has 4 nitrogen and oxygen atoms in total. The summed E-state index contributed by atoms with van der Waals surface area (Å²) in [7, 11) is 0. The molecule has 0 aliphatic heterocycles. The molecule has 0 radical (unpaired) electrons. The summed E-state index contributed by atoms with van der Waals surface area (Å²) in [5.74, 6) is -1.29. The predicted octanol–water partition coefficient (Wildman–Crippen LogP) is 3.65. The van der Waals surface area contributed by atoms with Crippen LogP contribution in [0.25, 0.3) is 0 Å². The summed E-state index contributed by atoms with van der Waals surface area (Å²) in [6.45, 7) is 4.32. The van der Waals surface area contributed by atoms with Crippen LogP contribution in [0.1, 0.15) is 42.7 Å². The third-order valence-corrected chi connectivity index (χ3v) is 3.13. The van der Waals surface area contributed by atoms with Crippen molar-refractivity contribution in [1.29, 1.82) is 0 Å². The summed E-state index contributed by atoms with van der Waals surface area (Å²) in [5, 5.41) is 11.7. The van der Waals surface area contributed by atoms with Crippen molar-refractivity contribution in [3.63, 3.8) is 0 Å². The van der Waals surface area contributed by atoms with E-state index in [1.807, 2.05) is 13.8 Å². The van der Waals surface area contributed by atoms with Gasteiger partial charge in [0.05, 0.1) is 0 Å². The molecule has 0 aliphatic rings. The average Bonchev–Trinajstić information content (AvgIpc) is 2.38. The first-order chi connectivity index (χ1) is 9.29. The molecule has 1 aromatic heterocycles. The predicted molar refractivity (Wildman–Crippen MR) is 68.8 cm³/mol. The van der Waals surface area contributed by atoms with Gasteiger partial charge in [0.15, 0.2) is 0 Å². The van der Waals surface area contributed by atoms with E-state index in [-0.39, 0.29) is 17.3 Å². The minimum atomic E-state index is -4.59. The van der Waals surface area contributed by atoms with Crippen molar-refractivity contribution >= 4 is 11.8 Å². The van der Waals surface area contributed by atoms with Gasteiger partial charge >= 0.3 is 12.1 Å². The van der Waals surface area contributed by atoms with Crippen LogP contribution in [0.3, 0.4) is 0 Å². The highest BCUT2D eigenvalue weighted by atomic mass is 19.4. The maximum Gasteiger partial charge on any atom is 0.433 e. The number of carboxylic acid groups (broad SMARTS) is 1. The van der Waals surface area contributed by atoms with Crippen molar-refractivity contribution in [2.75, 3.05) is 11.9 Å². The molecular formula is C13H17F3N2O2. The number of carbonyl (C=O) groups is 1. The number of aromatic carboxylic acids is 1. The molecule has 0 aromatic carbocycles. The maximum absolute atomic E-state index is 12.6. The van der Waals surface area contributed by atoms with Gasteiger partial charge in [-0.25, -0.2) is 9.78 Å². The monoisotopic (exact) mass is 290 g/mol. The molecule has 1 rings (SSSR count). The molecule has 2 N–H and O–H groups in total. The van der Waals surface area contributed by atoms with E-state index < -0.39 is 17.8 Å². The van der Waals surface area contributed by atoms with Crippen LogP contribution in [0.5, 0.6) is 0 Å². The number of halogens is 3. The van der Waals surface area contributed by atoms with Crippen molar-refractivity contribution in [1.82, 2.24) is 4.98 Å². The van der Waals surface area contributed by atoms with Gasteiger partial charge in [-0.3, -0.25) is 0 Å². The average molecular weight is 290 g/mol. The molecule has 0 bridgehead atoms. The van der Waals surface area contributed by atoms with E-state index in [1.54, 1.807) is 0 Å². The lowest BCUT2D eigenvalue weighted by molar-refractivity contribution is -0.141. The molecular weight excluding hydrogens is 273 g/mol. The molecule has 0 atom stereocenters. The molecule has 20 heavy (non-hydrogen) atoms. The number of carboxylic acids is 1. The smallest absolute Gasteiger partial charge is 0.433 e. The molecule has 0 unspecified atom stereocenters. The summed E-state index contributed by atoms with van der Waals surface area (Å²) >= 11 is 0. The lowest BCUT2D eigenvalue weighted by Gasteiger charge is -2.16. The highest BCUT2D eigenvalue weighted by Crippen LogP contribution is 2.29. The Morgan fingerprint density at radius 2 is 1.95 bits per heavy atom. The summed E-state index contributed by atoms with van der Waals surface area (Å²) in [6.07, 6.45) is -2.89. The largest absolute Gasteiger partial charge is 0.478 e. The van der Waals surface area contributed by atoms with Crippen LogP contribution in [0.4, 0.5) is 19.0 Å². The van der Waals surface area contributed by atoms with Crippen LogP contribution in [-0.4, -0.2) is 22.6 Å². The van der Waals surface area contributed by atoms with Gasteiger partial charge in [0.1, 0.15) is 17.1 Å². The Morgan fingerprint density at radius 3 is 2.40 bits per heavy atom. The van der Waals surface area contributed by atoms with Gasteiger partial charge in [0, 0.05) is 6.54 Å². The molecule has 0 saturated carbocycles. The van der Waals surface area contributed by atoms with Gasteiger partial charge in [0.25, 0.3) is 0 Å². The Morgan fingerprint density at radius 1 is 1.35 bits per heavy atom. The number of alkyl halides is 3. The number of anilines is 1. The minimum Gasteiger partial charge on any atom is -0.478 e. The zero-order valence-corrected chi connectivity index (χ0v) is 11.3. The van der Waals surface area contributed by atoms with Crippen LogP contribution in [0.15, 0.2) is 12.1 Å². The van der Waals surface area contributed by atoms with Gasteiger partial charge in [-0.2, -0.15) is 13.2 Å². The minimum absolute atomic E-state index is 0.237. The normalized spacial score (nSPS) is 11.7. The molecule has 112 valence electrons. The summed E-state index contributed by atoms with van der Waals surface area (Å²) in [6, 6.07) is 1.60. The van der Waals surface area contributed by atoms with E-state index in [0.29, 0.717) is 12.6 Å². The second kappa shape index (κ2) is 6.58. The standard InChI is InChI=1S/C13H17F3N2O2/c1-3-8(4-2)7-17-11-9(12(19)20)5-6-10(18-11)13(14,15)16/h5-6,8H,3-4,7H2,1-2H3,(H,17,18)(H,19,20). The Labute approximate surface area is 115 Å². The van der Waals surface area contributed by atoms with Crippen molar-refractivity contribution in [3.8, 4) is 0 Å². The van der Waals surface area contributed by atoms with Gasteiger partial charge in [-0.15, -0.1) is 0 Å². The lowest BCUT2D eigenvalue weighted by atomic mass is 10.0.